The lowest BCUT2D eigenvalue weighted by Gasteiger charge is -2.08. The third-order valence-corrected chi connectivity index (χ3v) is 3.37. The van der Waals surface area contributed by atoms with Gasteiger partial charge in [-0.05, 0) is 36.8 Å². The number of hydrogen-bond acceptors (Lipinski definition) is 6. The number of esters is 1. The van der Waals surface area contributed by atoms with E-state index in [2.05, 4.69) is 5.32 Å². The molecule has 1 aliphatic heterocycles. The van der Waals surface area contributed by atoms with Crippen LogP contribution in [0.15, 0.2) is 42.5 Å². The van der Waals surface area contributed by atoms with Gasteiger partial charge < -0.3 is 24.3 Å². The summed E-state index contributed by atoms with van der Waals surface area (Å²) in [7, 11) is 0. The van der Waals surface area contributed by atoms with Crippen LogP contribution in [-0.2, 0) is 14.3 Å². The molecular weight excluding hydrogens is 326 g/mol. The number of rotatable bonds is 6. The number of benzene rings is 2. The van der Waals surface area contributed by atoms with Crippen LogP contribution in [0.2, 0.25) is 0 Å². The molecular formula is C18H17NO6. The van der Waals surface area contributed by atoms with Crippen LogP contribution in [0.25, 0.3) is 0 Å². The summed E-state index contributed by atoms with van der Waals surface area (Å²) < 4.78 is 20.6. The molecule has 0 saturated heterocycles. The quantitative estimate of drug-likeness (QED) is 0.810. The Bertz CT molecular complexity index is 789. The van der Waals surface area contributed by atoms with Crippen molar-refractivity contribution < 1.29 is 28.5 Å². The zero-order valence-corrected chi connectivity index (χ0v) is 13.6. The second-order valence-electron chi connectivity index (χ2n) is 5.38. The summed E-state index contributed by atoms with van der Waals surface area (Å²) in [5.74, 6) is 0.672. The largest absolute Gasteiger partial charge is 0.482 e. The number of carbonyl (C=O) groups is 2. The number of aryl methyl sites for hydroxylation is 1. The number of ether oxygens (including phenoxy) is 4. The van der Waals surface area contributed by atoms with Crippen molar-refractivity contribution in [3.05, 3.63) is 48.0 Å². The fraction of sp³-hybridized carbons (Fsp3) is 0.222. The molecule has 0 fully saturated rings. The van der Waals surface area contributed by atoms with Gasteiger partial charge in [0.25, 0.3) is 5.91 Å². The van der Waals surface area contributed by atoms with Crippen LogP contribution < -0.4 is 19.5 Å². The zero-order chi connectivity index (χ0) is 17.6. The molecule has 0 aromatic heterocycles. The molecule has 130 valence electrons. The lowest BCUT2D eigenvalue weighted by Crippen LogP contribution is -2.23. The Kier molecular flexibility index (Phi) is 5.03. The smallest absolute Gasteiger partial charge is 0.344 e. The molecule has 0 atom stereocenters. The van der Waals surface area contributed by atoms with Gasteiger partial charge in [0.15, 0.2) is 24.7 Å². The highest BCUT2D eigenvalue weighted by Crippen LogP contribution is 2.34. The second-order valence-corrected chi connectivity index (χ2v) is 5.38. The van der Waals surface area contributed by atoms with Gasteiger partial charge in [-0.2, -0.15) is 0 Å². The Morgan fingerprint density at radius 3 is 2.76 bits per heavy atom. The van der Waals surface area contributed by atoms with Crippen molar-refractivity contribution in [2.45, 2.75) is 6.92 Å². The van der Waals surface area contributed by atoms with E-state index in [1.807, 2.05) is 19.1 Å². The van der Waals surface area contributed by atoms with E-state index in [4.69, 9.17) is 18.9 Å². The maximum atomic E-state index is 11.8. The minimum absolute atomic E-state index is 0.158. The first-order chi connectivity index (χ1) is 12.1. The normalized spacial score (nSPS) is 11.7. The summed E-state index contributed by atoms with van der Waals surface area (Å²) in [6.45, 7) is 1.42. The van der Waals surface area contributed by atoms with E-state index in [1.54, 1.807) is 30.3 Å². The molecule has 0 radical (unpaired) electrons. The summed E-state index contributed by atoms with van der Waals surface area (Å²) in [4.78, 5) is 23.5. The molecule has 25 heavy (non-hydrogen) atoms. The molecule has 1 amide bonds. The fourth-order valence-corrected chi connectivity index (χ4v) is 2.21. The third-order valence-electron chi connectivity index (χ3n) is 3.37. The molecule has 2 aromatic rings. The first-order valence-electron chi connectivity index (χ1n) is 7.65. The number of hydrogen-bond donors (Lipinski definition) is 1. The minimum atomic E-state index is -0.623. The Balaban J connectivity index is 1.42. The Labute approximate surface area is 144 Å². The van der Waals surface area contributed by atoms with E-state index >= 15 is 0 Å². The topological polar surface area (TPSA) is 83.1 Å². The molecule has 0 aliphatic carbocycles. The van der Waals surface area contributed by atoms with Crippen molar-refractivity contribution in [1.29, 1.82) is 0 Å². The van der Waals surface area contributed by atoms with Gasteiger partial charge in [-0.1, -0.05) is 12.1 Å². The molecule has 0 unspecified atom stereocenters. The highest BCUT2D eigenvalue weighted by Gasteiger charge is 2.15. The summed E-state index contributed by atoms with van der Waals surface area (Å²) in [5.41, 5.74) is 1.55. The van der Waals surface area contributed by atoms with Gasteiger partial charge in [-0.3, -0.25) is 4.79 Å². The lowest BCUT2D eigenvalue weighted by atomic mass is 10.2. The molecule has 1 heterocycles. The van der Waals surface area contributed by atoms with Gasteiger partial charge in [-0.15, -0.1) is 0 Å². The number of carbonyl (C=O) groups excluding carboxylic acids is 2. The van der Waals surface area contributed by atoms with Crippen LogP contribution >= 0.6 is 0 Å². The van der Waals surface area contributed by atoms with Crippen LogP contribution in [-0.4, -0.2) is 31.9 Å². The number of anilines is 1. The lowest BCUT2D eigenvalue weighted by molar-refractivity contribution is -0.149. The first kappa shape index (κ1) is 16.6. The molecule has 3 rings (SSSR count). The maximum absolute atomic E-state index is 11.8. The van der Waals surface area contributed by atoms with E-state index in [1.165, 1.54) is 0 Å². The van der Waals surface area contributed by atoms with Gasteiger partial charge in [0.2, 0.25) is 6.79 Å². The third kappa shape index (κ3) is 4.63. The Hall–Kier alpha value is -3.22. The van der Waals surface area contributed by atoms with Crippen molar-refractivity contribution >= 4 is 17.6 Å². The summed E-state index contributed by atoms with van der Waals surface area (Å²) in [6.07, 6.45) is 0. The van der Waals surface area contributed by atoms with Crippen molar-refractivity contribution in [3.8, 4) is 17.2 Å². The van der Waals surface area contributed by atoms with Crippen molar-refractivity contribution in [1.82, 2.24) is 0 Å². The standard InChI is InChI=1S/C18H17NO6/c1-12-3-2-4-14(7-12)22-10-18(21)23-9-17(20)19-13-5-6-15-16(8-13)25-11-24-15/h2-8H,9-11H2,1H3,(H,19,20). The Morgan fingerprint density at radius 2 is 1.92 bits per heavy atom. The van der Waals surface area contributed by atoms with Gasteiger partial charge >= 0.3 is 5.97 Å². The van der Waals surface area contributed by atoms with Crippen molar-refractivity contribution in [2.75, 3.05) is 25.3 Å². The summed E-state index contributed by atoms with van der Waals surface area (Å²) in [6, 6.07) is 12.3. The molecule has 2 aromatic carbocycles. The zero-order valence-electron chi connectivity index (χ0n) is 13.6. The average Bonchev–Trinajstić information content (AvgIpc) is 3.06. The molecule has 1 N–H and O–H groups in total. The minimum Gasteiger partial charge on any atom is -0.482 e. The predicted octanol–water partition coefficient (Wildman–Crippen LogP) is 2.28. The summed E-state index contributed by atoms with van der Waals surface area (Å²) >= 11 is 0. The van der Waals surface area contributed by atoms with E-state index < -0.39 is 18.5 Å². The van der Waals surface area contributed by atoms with Gasteiger partial charge in [0.05, 0.1) is 0 Å². The van der Waals surface area contributed by atoms with Gasteiger partial charge in [0, 0.05) is 11.8 Å². The van der Waals surface area contributed by atoms with Crippen LogP contribution in [0.3, 0.4) is 0 Å². The SMILES string of the molecule is Cc1cccc(OCC(=O)OCC(=O)Nc2ccc3c(c2)OCO3)c1. The molecule has 0 spiro atoms. The predicted molar refractivity (Wildman–Crippen MR) is 88.8 cm³/mol. The molecule has 0 saturated carbocycles. The number of fused-ring (bicyclic) bond motifs is 1. The van der Waals surface area contributed by atoms with Crippen LogP contribution in [0.4, 0.5) is 5.69 Å². The summed E-state index contributed by atoms with van der Waals surface area (Å²) in [5, 5.41) is 2.62. The van der Waals surface area contributed by atoms with Crippen LogP contribution in [0.5, 0.6) is 17.2 Å². The van der Waals surface area contributed by atoms with E-state index in [0.29, 0.717) is 22.9 Å². The maximum Gasteiger partial charge on any atom is 0.344 e. The number of amides is 1. The monoisotopic (exact) mass is 343 g/mol. The second kappa shape index (κ2) is 7.57. The van der Waals surface area contributed by atoms with Gasteiger partial charge in [-0.25, -0.2) is 4.79 Å². The molecule has 1 aliphatic rings. The van der Waals surface area contributed by atoms with Crippen molar-refractivity contribution in [2.24, 2.45) is 0 Å². The van der Waals surface area contributed by atoms with Crippen molar-refractivity contribution in [3.63, 3.8) is 0 Å². The van der Waals surface area contributed by atoms with Crippen LogP contribution in [0.1, 0.15) is 5.56 Å². The van der Waals surface area contributed by atoms with E-state index in [0.717, 1.165) is 5.56 Å². The average molecular weight is 343 g/mol. The molecule has 7 heteroatoms. The molecule has 0 bridgehead atoms. The highest BCUT2D eigenvalue weighted by molar-refractivity contribution is 5.93. The number of nitrogens with one attached hydrogen (secondary N) is 1. The van der Waals surface area contributed by atoms with Gasteiger partial charge in [0.1, 0.15) is 5.75 Å². The fourth-order valence-electron chi connectivity index (χ4n) is 2.21. The Morgan fingerprint density at radius 1 is 1.08 bits per heavy atom. The highest BCUT2D eigenvalue weighted by atomic mass is 16.7. The van der Waals surface area contributed by atoms with E-state index in [9.17, 15) is 9.59 Å². The van der Waals surface area contributed by atoms with E-state index in [-0.39, 0.29) is 13.4 Å². The van der Waals surface area contributed by atoms with Crippen LogP contribution in [0, 0.1) is 6.92 Å². The first-order valence-corrected chi connectivity index (χ1v) is 7.65. The molecule has 7 nitrogen and oxygen atoms in total.